The summed E-state index contributed by atoms with van der Waals surface area (Å²) in [4.78, 5) is 49.7. The first kappa shape index (κ1) is 50.8. The van der Waals surface area contributed by atoms with Crippen molar-refractivity contribution in [3.63, 3.8) is 0 Å². The van der Waals surface area contributed by atoms with Gasteiger partial charge in [0.25, 0.3) is 5.79 Å². The van der Waals surface area contributed by atoms with Crippen LogP contribution in [0.4, 0.5) is 0 Å². The first-order valence-electron chi connectivity index (χ1n) is 19.6. The van der Waals surface area contributed by atoms with Gasteiger partial charge in [-0.1, -0.05) is 0 Å². The monoisotopic (exact) mass is 888 g/mol. The zero-order valence-electron chi connectivity index (χ0n) is 34.1. The van der Waals surface area contributed by atoms with Gasteiger partial charge in [-0.2, -0.15) is 0 Å². The van der Waals surface area contributed by atoms with Gasteiger partial charge >= 0.3 is 5.97 Å². The minimum Gasteiger partial charge on any atom is -0.477 e. The molecular formula is C35H60N4O22. The van der Waals surface area contributed by atoms with E-state index in [0.717, 1.165) is 27.7 Å². The van der Waals surface area contributed by atoms with Crippen molar-refractivity contribution in [3.05, 3.63) is 0 Å². The van der Waals surface area contributed by atoms with Crippen molar-refractivity contribution in [1.82, 2.24) is 16.0 Å². The Balaban J connectivity index is 1.71. The van der Waals surface area contributed by atoms with E-state index in [2.05, 4.69) is 16.0 Å². The molecular weight excluding hydrogens is 828 g/mol. The number of carbonyl (C=O) groups excluding carboxylic acids is 3. The number of aliphatic hydroxyl groups excluding tert-OH is 8. The number of ether oxygens (including phenoxy) is 9. The first-order valence-corrected chi connectivity index (χ1v) is 19.6. The van der Waals surface area contributed by atoms with E-state index >= 15 is 0 Å². The van der Waals surface area contributed by atoms with E-state index in [0.29, 0.717) is 0 Å². The van der Waals surface area contributed by atoms with Gasteiger partial charge in [0, 0.05) is 40.8 Å². The minimum atomic E-state index is -2.27. The second-order valence-electron chi connectivity index (χ2n) is 15.2. The molecule has 0 aliphatic carbocycles. The van der Waals surface area contributed by atoms with Crippen LogP contribution >= 0.6 is 0 Å². The molecule has 4 aliphatic heterocycles. The van der Waals surface area contributed by atoms with Crippen LogP contribution < -0.4 is 21.7 Å². The van der Waals surface area contributed by atoms with Gasteiger partial charge in [0.1, 0.15) is 79.2 Å². The number of carboxylic acid groups (broad SMARTS) is 1. The molecule has 352 valence electrons. The number of carbonyl (C=O) groups is 4. The van der Waals surface area contributed by atoms with Crippen LogP contribution in [0.15, 0.2) is 0 Å². The highest BCUT2D eigenvalue weighted by Crippen LogP contribution is 2.41. The molecule has 26 heteroatoms. The van der Waals surface area contributed by atoms with Crippen molar-refractivity contribution >= 4 is 23.7 Å². The standard InChI is InChI=1S/C35H60N4O22/c1-12-22(47)26(57-30(50)19(37-13(2)43)23(48)16(46)6-8-40)20(38-14(3)44)31(54-12)59-27-21(39-15(4)45)32(55-17(10-41)24(27)49)58-25-18(11-42)56-33(53-9-7-36)29-28(25)60-35(5,61-29)34(51)52/h12,16-33,40-42,46-50H,6-11,36H2,1-5H3,(H,37,43)(H,38,44)(H,39,45)(H,51,52)/t12?,16?,17?,18?,19?,20?,21?,22?,23?,24?,25?,26?,27?,28?,29?,30?,31?,32?,33?,35-/m0/s1. The predicted molar refractivity (Wildman–Crippen MR) is 196 cm³/mol. The lowest BCUT2D eigenvalue weighted by Gasteiger charge is -2.50. The van der Waals surface area contributed by atoms with Crippen LogP contribution in [0.5, 0.6) is 0 Å². The van der Waals surface area contributed by atoms with Crippen LogP contribution in [0.3, 0.4) is 0 Å². The fourth-order valence-corrected chi connectivity index (χ4v) is 7.49. The van der Waals surface area contributed by atoms with Gasteiger partial charge in [-0.3, -0.25) is 14.4 Å². The maximum Gasteiger partial charge on any atom is 0.364 e. The van der Waals surface area contributed by atoms with Gasteiger partial charge in [0.15, 0.2) is 25.2 Å². The summed E-state index contributed by atoms with van der Waals surface area (Å²) in [6.07, 6.45) is -26.2. The summed E-state index contributed by atoms with van der Waals surface area (Å²) in [6.45, 7) is 3.42. The maximum absolute atomic E-state index is 12.8. The Kier molecular flexibility index (Phi) is 18.5. The zero-order chi connectivity index (χ0) is 45.5. The number of hydrogen-bond acceptors (Lipinski definition) is 22. The Morgan fingerprint density at radius 2 is 1.33 bits per heavy atom. The zero-order valence-corrected chi connectivity index (χ0v) is 34.1. The largest absolute Gasteiger partial charge is 0.477 e. The van der Waals surface area contributed by atoms with E-state index < -0.39 is 166 Å². The van der Waals surface area contributed by atoms with Crippen LogP contribution in [0.25, 0.3) is 0 Å². The highest BCUT2D eigenvalue weighted by Gasteiger charge is 2.62. The molecule has 4 rings (SSSR count). The molecule has 0 aromatic carbocycles. The molecule has 0 saturated carbocycles. The summed E-state index contributed by atoms with van der Waals surface area (Å²) >= 11 is 0. The summed E-state index contributed by atoms with van der Waals surface area (Å²) in [7, 11) is 0. The molecule has 14 N–H and O–H groups in total. The topological polar surface area (TPSA) is 396 Å². The quantitative estimate of drug-likeness (QED) is 0.0505. The number of nitrogens with two attached hydrogens (primary N) is 1. The van der Waals surface area contributed by atoms with Crippen LogP contribution in [-0.4, -0.2) is 225 Å². The third kappa shape index (κ3) is 12.0. The lowest BCUT2D eigenvalue weighted by Crippen LogP contribution is -2.71. The van der Waals surface area contributed by atoms with Crippen molar-refractivity contribution in [2.45, 2.75) is 163 Å². The molecule has 4 aliphatic rings. The number of rotatable bonds is 20. The fourth-order valence-electron chi connectivity index (χ4n) is 7.49. The Hall–Kier alpha value is -2.84. The number of carboxylic acids is 1. The van der Waals surface area contributed by atoms with Crippen LogP contribution in [0.2, 0.25) is 0 Å². The van der Waals surface area contributed by atoms with Crippen molar-refractivity contribution in [2.24, 2.45) is 5.73 Å². The maximum atomic E-state index is 12.8. The van der Waals surface area contributed by atoms with Gasteiger partial charge in [-0.05, 0) is 13.3 Å². The summed E-state index contributed by atoms with van der Waals surface area (Å²) in [5.41, 5.74) is 5.58. The average Bonchev–Trinajstić information content (AvgIpc) is 3.57. The smallest absolute Gasteiger partial charge is 0.364 e. The normalized spacial score (nSPS) is 39.6. The van der Waals surface area contributed by atoms with Gasteiger partial charge in [0.05, 0.1) is 32.0 Å². The molecule has 0 bridgehead atoms. The van der Waals surface area contributed by atoms with E-state index in [1.54, 1.807) is 0 Å². The third-order valence-corrected chi connectivity index (χ3v) is 10.4. The summed E-state index contributed by atoms with van der Waals surface area (Å²) < 4.78 is 53.3. The van der Waals surface area contributed by atoms with E-state index in [4.69, 9.17) is 48.4 Å². The second kappa shape index (κ2) is 22.2. The molecule has 19 unspecified atom stereocenters. The molecule has 4 fully saturated rings. The number of aliphatic carboxylic acids is 1. The molecule has 20 atom stereocenters. The Morgan fingerprint density at radius 1 is 0.770 bits per heavy atom. The Bertz CT molecular complexity index is 1470. The van der Waals surface area contributed by atoms with Crippen molar-refractivity contribution in [2.75, 3.05) is 33.0 Å². The average molecular weight is 889 g/mol. The van der Waals surface area contributed by atoms with Crippen LogP contribution in [0, 0.1) is 0 Å². The molecule has 0 radical (unpaired) electrons. The van der Waals surface area contributed by atoms with Gasteiger partial charge in [-0.25, -0.2) is 4.79 Å². The molecule has 61 heavy (non-hydrogen) atoms. The lowest BCUT2D eigenvalue weighted by atomic mass is 9.93. The molecule has 26 nitrogen and oxygen atoms in total. The van der Waals surface area contributed by atoms with Gasteiger partial charge in [-0.15, -0.1) is 0 Å². The van der Waals surface area contributed by atoms with Gasteiger partial charge in [0.2, 0.25) is 17.7 Å². The highest BCUT2D eigenvalue weighted by atomic mass is 16.8. The Morgan fingerprint density at radius 3 is 1.87 bits per heavy atom. The van der Waals surface area contributed by atoms with Crippen LogP contribution in [0.1, 0.15) is 41.0 Å². The minimum absolute atomic E-state index is 0.0353. The summed E-state index contributed by atoms with van der Waals surface area (Å²) in [5, 5.41) is 102. The number of amides is 3. The summed E-state index contributed by atoms with van der Waals surface area (Å²) in [5.74, 6) is -6.07. The van der Waals surface area contributed by atoms with Crippen molar-refractivity contribution in [3.8, 4) is 0 Å². The summed E-state index contributed by atoms with van der Waals surface area (Å²) in [6, 6.07) is -4.94. The highest BCUT2D eigenvalue weighted by molar-refractivity contribution is 5.75. The Labute approximate surface area is 349 Å². The third-order valence-electron chi connectivity index (χ3n) is 10.4. The van der Waals surface area contributed by atoms with Gasteiger partial charge < -0.3 is 110 Å². The van der Waals surface area contributed by atoms with E-state index in [9.17, 15) is 65.1 Å². The molecule has 3 amide bonds. The van der Waals surface area contributed by atoms with Crippen LogP contribution in [-0.2, 0) is 61.8 Å². The molecule has 0 spiro atoms. The second-order valence-corrected chi connectivity index (χ2v) is 15.2. The van der Waals surface area contributed by atoms with Crippen molar-refractivity contribution in [1.29, 1.82) is 0 Å². The SMILES string of the molecule is CC(=O)NC(C(O)OC1C(O)C(C)OC(OC2C(O)C(CO)OC(OC3C(CO)OC(OCCN)C4O[C@@](C)(C(=O)O)OC34)C2NC(C)=O)C1NC(C)=O)C(O)C(O)CCO. The molecule has 4 saturated heterocycles. The first-order chi connectivity index (χ1) is 28.7. The molecule has 4 heterocycles. The van der Waals surface area contributed by atoms with E-state index in [1.807, 2.05) is 0 Å². The molecule has 0 aromatic heterocycles. The lowest BCUT2D eigenvalue weighted by molar-refractivity contribution is -0.354. The van der Waals surface area contributed by atoms with E-state index in [1.165, 1.54) is 6.92 Å². The number of nitrogens with one attached hydrogen (secondary N) is 3. The van der Waals surface area contributed by atoms with E-state index in [-0.39, 0.29) is 19.6 Å². The molecule has 0 aromatic rings. The number of aliphatic hydroxyl groups is 8. The fraction of sp³-hybridized carbons (Fsp3) is 0.886. The number of fused-ring (bicyclic) bond motifs is 1. The van der Waals surface area contributed by atoms with Crippen molar-refractivity contribution < 1.29 is 108 Å². The predicted octanol–water partition coefficient (Wildman–Crippen LogP) is -7.46. The number of hydrogen-bond donors (Lipinski definition) is 13.